The van der Waals surface area contributed by atoms with Crippen molar-refractivity contribution in [2.45, 2.75) is 19.4 Å². The number of benzene rings is 2. The van der Waals surface area contributed by atoms with Crippen molar-refractivity contribution < 1.29 is 14.4 Å². The van der Waals surface area contributed by atoms with E-state index in [9.17, 15) is 14.4 Å². The number of nitrogens with one attached hydrogen (secondary N) is 1. The molecule has 1 saturated heterocycles. The summed E-state index contributed by atoms with van der Waals surface area (Å²) in [5.41, 5.74) is 1.89. The molecule has 3 rings (SSSR count). The van der Waals surface area contributed by atoms with Gasteiger partial charge in [-0.15, -0.1) is 0 Å². The van der Waals surface area contributed by atoms with Gasteiger partial charge in [-0.2, -0.15) is 0 Å². The summed E-state index contributed by atoms with van der Waals surface area (Å²) in [7, 11) is 1.57. The molecule has 0 atom stereocenters. The molecule has 2 aromatic rings. The van der Waals surface area contributed by atoms with Crippen molar-refractivity contribution in [1.82, 2.24) is 9.80 Å². The van der Waals surface area contributed by atoms with Gasteiger partial charge in [0, 0.05) is 32.1 Å². The highest BCUT2D eigenvalue weighted by Gasteiger charge is 2.21. The van der Waals surface area contributed by atoms with Gasteiger partial charge in [-0.25, -0.2) is 0 Å². The van der Waals surface area contributed by atoms with E-state index in [1.165, 1.54) is 4.90 Å². The summed E-state index contributed by atoms with van der Waals surface area (Å²) < 4.78 is 0. The molecule has 6 nitrogen and oxygen atoms in total. The number of rotatable bonds is 6. The highest BCUT2D eigenvalue weighted by molar-refractivity contribution is 6.33. The molecule has 7 heteroatoms. The standard InChI is InChI=1S/C21H22ClN3O3/c1-24(14-19(26)23-18-9-3-2-8-17(18)22)21(28)16-7-4-6-15(12-16)13-25-11-5-10-20(25)27/h2-4,6-9,12H,5,10-11,13-14H2,1H3,(H,23,26). The summed E-state index contributed by atoms with van der Waals surface area (Å²) in [5.74, 6) is -0.447. The summed E-state index contributed by atoms with van der Waals surface area (Å²) in [5, 5.41) is 3.14. The van der Waals surface area contributed by atoms with Crippen LogP contribution in [0.2, 0.25) is 5.02 Å². The monoisotopic (exact) mass is 399 g/mol. The Morgan fingerprint density at radius 2 is 1.96 bits per heavy atom. The second-order valence-electron chi connectivity index (χ2n) is 6.81. The van der Waals surface area contributed by atoms with Gasteiger partial charge in [0.1, 0.15) is 0 Å². The van der Waals surface area contributed by atoms with E-state index in [1.807, 2.05) is 6.07 Å². The molecule has 0 bridgehead atoms. The maximum atomic E-state index is 12.7. The number of amides is 3. The lowest BCUT2D eigenvalue weighted by atomic mass is 10.1. The Balaban J connectivity index is 1.61. The average molecular weight is 400 g/mol. The largest absolute Gasteiger partial charge is 0.338 e. The zero-order valence-electron chi connectivity index (χ0n) is 15.7. The Morgan fingerprint density at radius 1 is 1.18 bits per heavy atom. The second kappa shape index (κ2) is 8.89. The van der Waals surface area contributed by atoms with E-state index in [0.717, 1.165) is 18.5 Å². The van der Waals surface area contributed by atoms with Crippen molar-refractivity contribution in [3.8, 4) is 0 Å². The first-order valence-electron chi connectivity index (χ1n) is 9.10. The van der Waals surface area contributed by atoms with Crippen LogP contribution in [0.25, 0.3) is 0 Å². The first-order chi connectivity index (χ1) is 13.4. The molecule has 0 radical (unpaired) electrons. The van der Waals surface area contributed by atoms with Gasteiger partial charge in [-0.3, -0.25) is 14.4 Å². The number of likely N-dealkylation sites (N-methyl/N-ethyl adjacent to an activating group) is 1. The lowest BCUT2D eigenvalue weighted by molar-refractivity contribution is -0.128. The third-order valence-corrected chi connectivity index (χ3v) is 4.92. The van der Waals surface area contributed by atoms with Crippen molar-refractivity contribution >= 4 is 35.0 Å². The molecule has 0 saturated carbocycles. The zero-order chi connectivity index (χ0) is 20.1. The van der Waals surface area contributed by atoms with Crippen LogP contribution in [0.1, 0.15) is 28.8 Å². The van der Waals surface area contributed by atoms with Gasteiger partial charge in [0.2, 0.25) is 11.8 Å². The topological polar surface area (TPSA) is 69.7 Å². The predicted molar refractivity (Wildman–Crippen MR) is 108 cm³/mol. The number of nitrogens with zero attached hydrogens (tertiary/aromatic N) is 2. The molecule has 2 aromatic carbocycles. The van der Waals surface area contributed by atoms with Crippen LogP contribution in [-0.2, 0) is 16.1 Å². The van der Waals surface area contributed by atoms with Gasteiger partial charge in [0.05, 0.1) is 17.3 Å². The summed E-state index contributed by atoms with van der Waals surface area (Å²) in [4.78, 5) is 39.9. The van der Waals surface area contributed by atoms with Crippen molar-refractivity contribution in [3.05, 3.63) is 64.7 Å². The predicted octanol–water partition coefficient (Wildman–Crippen LogP) is 3.17. The summed E-state index contributed by atoms with van der Waals surface area (Å²) in [6.07, 6.45) is 1.46. The quantitative estimate of drug-likeness (QED) is 0.811. The Morgan fingerprint density at radius 3 is 2.68 bits per heavy atom. The maximum Gasteiger partial charge on any atom is 0.254 e. The number of anilines is 1. The Kier molecular flexibility index (Phi) is 6.31. The zero-order valence-corrected chi connectivity index (χ0v) is 16.4. The van der Waals surface area contributed by atoms with E-state index in [4.69, 9.17) is 11.6 Å². The number of hydrogen-bond donors (Lipinski definition) is 1. The number of carbonyl (C=O) groups excluding carboxylic acids is 3. The lowest BCUT2D eigenvalue weighted by Crippen LogP contribution is -2.35. The Labute approximate surface area is 169 Å². The van der Waals surface area contributed by atoms with Gasteiger partial charge in [-0.05, 0) is 36.2 Å². The fourth-order valence-electron chi connectivity index (χ4n) is 3.15. The van der Waals surface area contributed by atoms with Gasteiger partial charge < -0.3 is 15.1 Å². The van der Waals surface area contributed by atoms with Crippen LogP contribution in [0, 0.1) is 0 Å². The van der Waals surface area contributed by atoms with Crippen LogP contribution in [0.15, 0.2) is 48.5 Å². The smallest absolute Gasteiger partial charge is 0.254 e. The van der Waals surface area contributed by atoms with Crippen LogP contribution in [-0.4, -0.2) is 47.7 Å². The number of carbonyl (C=O) groups is 3. The summed E-state index contributed by atoms with van der Waals surface area (Å²) >= 11 is 6.04. The molecule has 0 aliphatic carbocycles. The number of halogens is 1. The van der Waals surface area contributed by atoms with E-state index >= 15 is 0 Å². The minimum absolute atomic E-state index is 0.0983. The van der Waals surface area contributed by atoms with Crippen molar-refractivity contribution in [2.75, 3.05) is 25.5 Å². The van der Waals surface area contributed by atoms with Crippen LogP contribution in [0.5, 0.6) is 0 Å². The van der Waals surface area contributed by atoms with Crippen molar-refractivity contribution in [2.24, 2.45) is 0 Å². The minimum Gasteiger partial charge on any atom is -0.338 e. The first kappa shape index (κ1) is 19.9. The molecule has 1 aliphatic rings. The molecule has 0 aromatic heterocycles. The summed E-state index contributed by atoms with van der Waals surface area (Å²) in [6, 6.07) is 14.1. The van der Waals surface area contributed by atoms with Gasteiger partial charge >= 0.3 is 0 Å². The third kappa shape index (κ3) is 4.89. The second-order valence-corrected chi connectivity index (χ2v) is 7.22. The lowest BCUT2D eigenvalue weighted by Gasteiger charge is -2.19. The molecule has 3 amide bonds. The molecule has 0 unspecified atom stereocenters. The minimum atomic E-state index is -0.331. The van der Waals surface area contributed by atoms with Crippen LogP contribution in [0.4, 0.5) is 5.69 Å². The number of hydrogen-bond acceptors (Lipinski definition) is 3. The molecule has 1 aliphatic heterocycles. The molecule has 1 heterocycles. The first-order valence-corrected chi connectivity index (χ1v) is 9.48. The molecule has 1 N–H and O–H groups in total. The SMILES string of the molecule is CN(CC(=O)Nc1ccccc1Cl)C(=O)c1cccc(CN2CCCC2=O)c1. The molecule has 146 valence electrons. The van der Waals surface area contributed by atoms with Gasteiger partial charge in [-0.1, -0.05) is 35.9 Å². The van der Waals surface area contributed by atoms with Gasteiger partial charge in [0.15, 0.2) is 0 Å². The van der Waals surface area contributed by atoms with E-state index in [-0.39, 0.29) is 24.3 Å². The Bertz CT molecular complexity index is 900. The molecule has 0 spiro atoms. The van der Waals surface area contributed by atoms with E-state index in [2.05, 4.69) is 5.32 Å². The van der Waals surface area contributed by atoms with Gasteiger partial charge in [0.25, 0.3) is 5.91 Å². The fraction of sp³-hybridized carbons (Fsp3) is 0.286. The normalized spacial score (nSPS) is 13.5. The van der Waals surface area contributed by atoms with E-state index < -0.39 is 0 Å². The molecular formula is C21H22ClN3O3. The van der Waals surface area contributed by atoms with Crippen LogP contribution >= 0.6 is 11.6 Å². The molecule has 28 heavy (non-hydrogen) atoms. The Hall–Kier alpha value is -2.86. The number of para-hydroxylation sites is 1. The number of likely N-dealkylation sites (tertiary alicyclic amines) is 1. The molecular weight excluding hydrogens is 378 g/mol. The average Bonchev–Trinajstić information content (AvgIpc) is 3.07. The third-order valence-electron chi connectivity index (χ3n) is 4.59. The van der Waals surface area contributed by atoms with Crippen molar-refractivity contribution in [3.63, 3.8) is 0 Å². The van der Waals surface area contributed by atoms with E-state index in [0.29, 0.717) is 29.2 Å². The van der Waals surface area contributed by atoms with Crippen molar-refractivity contribution in [1.29, 1.82) is 0 Å². The summed E-state index contributed by atoms with van der Waals surface area (Å²) in [6.45, 7) is 1.15. The van der Waals surface area contributed by atoms with Crippen LogP contribution < -0.4 is 5.32 Å². The maximum absolute atomic E-state index is 12.7. The fourth-order valence-corrected chi connectivity index (χ4v) is 3.34. The highest BCUT2D eigenvalue weighted by Crippen LogP contribution is 2.20. The van der Waals surface area contributed by atoms with E-state index in [1.54, 1.807) is 54.4 Å². The molecule has 1 fully saturated rings. The van der Waals surface area contributed by atoms with Crippen LogP contribution in [0.3, 0.4) is 0 Å². The highest BCUT2D eigenvalue weighted by atomic mass is 35.5.